The summed E-state index contributed by atoms with van der Waals surface area (Å²) in [5, 5.41) is 3.65. The van der Waals surface area contributed by atoms with Gasteiger partial charge in [-0.15, -0.1) is 0 Å². The Labute approximate surface area is 134 Å². The predicted molar refractivity (Wildman–Crippen MR) is 86.4 cm³/mol. The van der Waals surface area contributed by atoms with Gasteiger partial charge in [0.25, 0.3) is 0 Å². The van der Waals surface area contributed by atoms with Crippen LogP contribution in [-0.2, 0) is 0 Å². The third kappa shape index (κ3) is 2.28. The second kappa shape index (κ2) is 5.34. The van der Waals surface area contributed by atoms with Gasteiger partial charge in [0.15, 0.2) is 0 Å². The number of fused-ring (bicyclic) bond motifs is 5. The number of hydrogen-bond donors (Lipinski definition) is 1. The van der Waals surface area contributed by atoms with E-state index in [0.29, 0.717) is 5.92 Å². The SMILES string of the molecule is CCCNC(c1cc(Br)ccc1F)C1C2C3CCC(C3)C21. The first kappa shape index (κ1) is 14.2. The van der Waals surface area contributed by atoms with Crippen molar-refractivity contribution in [3.8, 4) is 0 Å². The van der Waals surface area contributed by atoms with Crippen LogP contribution in [0.3, 0.4) is 0 Å². The molecule has 5 atom stereocenters. The number of halogens is 2. The quantitative estimate of drug-likeness (QED) is 0.793. The molecule has 3 aliphatic rings. The van der Waals surface area contributed by atoms with Gasteiger partial charge in [0, 0.05) is 16.1 Å². The van der Waals surface area contributed by atoms with Gasteiger partial charge < -0.3 is 5.32 Å². The first-order valence-electron chi connectivity index (χ1n) is 8.39. The molecule has 3 aliphatic carbocycles. The van der Waals surface area contributed by atoms with E-state index in [4.69, 9.17) is 0 Å². The van der Waals surface area contributed by atoms with Crippen molar-refractivity contribution in [2.24, 2.45) is 29.6 Å². The zero-order chi connectivity index (χ0) is 14.6. The average Bonchev–Trinajstić information content (AvgIpc) is 2.89. The van der Waals surface area contributed by atoms with Crippen LogP contribution in [0.1, 0.15) is 44.2 Å². The van der Waals surface area contributed by atoms with E-state index in [0.717, 1.165) is 46.7 Å². The van der Waals surface area contributed by atoms with Gasteiger partial charge in [0.1, 0.15) is 5.82 Å². The Bertz CT molecular complexity index is 530. The summed E-state index contributed by atoms with van der Waals surface area (Å²) >= 11 is 3.51. The van der Waals surface area contributed by atoms with E-state index in [1.54, 1.807) is 12.1 Å². The maximum absolute atomic E-state index is 14.4. The van der Waals surface area contributed by atoms with Gasteiger partial charge >= 0.3 is 0 Å². The van der Waals surface area contributed by atoms with Gasteiger partial charge in [-0.3, -0.25) is 0 Å². The lowest BCUT2D eigenvalue weighted by atomic mass is 9.92. The smallest absolute Gasteiger partial charge is 0.128 e. The molecule has 2 bridgehead atoms. The zero-order valence-corrected chi connectivity index (χ0v) is 14.1. The molecule has 0 aliphatic heterocycles. The molecule has 0 saturated heterocycles. The van der Waals surface area contributed by atoms with Crippen LogP contribution in [-0.4, -0.2) is 6.54 Å². The molecule has 1 aromatic rings. The van der Waals surface area contributed by atoms with Crippen LogP contribution in [0, 0.1) is 35.4 Å². The summed E-state index contributed by atoms with van der Waals surface area (Å²) < 4.78 is 15.3. The van der Waals surface area contributed by atoms with Crippen LogP contribution in [0.4, 0.5) is 4.39 Å². The first-order chi connectivity index (χ1) is 10.2. The highest BCUT2D eigenvalue weighted by atomic mass is 79.9. The molecule has 114 valence electrons. The lowest BCUT2D eigenvalue weighted by Gasteiger charge is -2.23. The van der Waals surface area contributed by atoms with E-state index < -0.39 is 0 Å². The maximum Gasteiger partial charge on any atom is 0.128 e. The Kier molecular flexibility index (Phi) is 3.61. The molecule has 1 aromatic carbocycles. The normalized spacial score (nSPS) is 37.6. The fraction of sp³-hybridized carbons (Fsp3) is 0.667. The maximum atomic E-state index is 14.4. The number of benzene rings is 1. The van der Waals surface area contributed by atoms with Crippen LogP contribution >= 0.6 is 15.9 Å². The fourth-order valence-corrected chi connectivity index (χ4v) is 5.72. The Hall–Kier alpha value is -0.410. The van der Waals surface area contributed by atoms with Crippen molar-refractivity contribution in [3.05, 3.63) is 34.1 Å². The minimum absolute atomic E-state index is 0.0517. The van der Waals surface area contributed by atoms with E-state index in [1.165, 1.54) is 19.3 Å². The lowest BCUT2D eigenvalue weighted by molar-refractivity contribution is 0.362. The van der Waals surface area contributed by atoms with Gasteiger partial charge in [-0.1, -0.05) is 22.9 Å². The van der Waals surface area contributed by atoms with E-state index in [-0.39, 0.29) is 11.9 Å². The molecule has 0 heterocycles. The standard InChI is InChI=1S/C18H23BrFN/c1-2-7-21-18(13-9-12(19)5-6-14(13)20)17-15-10-3-4-11(8-10)16(15)17/h5-6,9-11,15-18,21H,2-4,7-8H2,1H3. The van der Waals surface area contributed by atoms with Gasteiger partial charge in [0.2, 0.25) is 0 Å². The molecule has 4 rings (SSSR count). The molecule has 1 nitrogen and oxygen atoms in total. The van der Waals surface area contributed by atoms with Crippen molar-refractivity contribution in [2.45, 2.75) is 38.6 Å². The summed E-state index contributed by atoms with van der Waals surface area (Å²) in [5.41, 5.74) is 0.872. The first-order valence-corrected chi connectivity index (χ1v) is 9.18. The van der Waals surface area contributed by atoms with Crippen molar-refractivity contribution in [2.75, 3.05) is 6.54 Å². The highest BCUT2D eigenvalue weighted by Gasteiger charge is 2.66. The van der Waals surface area contributed by atoms with Crippen LogP contribution in [0.5, 0.6) is 0 Å². The average molecular weight is 352 g/mol. The molecule has 5 unspecified atom stereocenters. The predicted octanol–water partition coefficient (Wildman–Crippen LogP) is 4.92. The van der Waals surface area contributed by atoms with E-state index >= 15 is 0 Å². The van der Waals surface area contributed by atoms with E-state index in [2.05, 4.69) is 28.2 Å². The summed E-state index contributed by atoms with van der Waals surface area (Å²) in [6.07, 6.45) is 5.39. The largest absolute Gasteiger partial charge is 0.310 e. The molecule has 3 fully saturated rings. The molecule has 0 radical (unpaired) electrons. The van der Waals surface area contributed by atoms with Crippen molar-refractivity contribution in [1.29, 1.82) is 0 Å². The van der Waals surface area contributed by atoms with Crippen molar-refractivity contribution in [1.82, 2.24) is 5.32 Å². The number of rotatable bonds is 5. The van der Waals surface area contributed by atoms with Crippen LogP contribution < -0.4 is 5.32 Å². The Balaban J connectivity index is 1.62. The van der Waals surface area contributed by atoms with Crippen molar-refractivity contribution < 1.29 is 4.39 Å². The summed E-state index contributed by atoms with van der Waals surface area (Å²) in [6.45, 7) is 3.15. The van der Waals surface area contributed by atoms with Gasteiger partial charge in [-0.25, -0.2) is 4.39 Å². The molecule has 0 aromatic heterocycles. The number of nitrogens with one attached hydrogen (secondary N) is 1. The van der Waals surface area contributed by atoms with Crippen molar-refractivity contribution in [3.63, 3.8) is 0 Å². The molecular weight excluding hydrogens is 329 g/mol. The molecule has 3 heteroatoms. The number of hydrogen-bond acceptors (Lipinski definition) is 1. The van der Waals surface area contributed by atoms with E-state index in [9.17, 15) is 4.39 Å². The van der Waals surface area contributed by atoms with Gasteiger partial charge in [0.05, 0.1) is 0 Å². The second-order valence-electron chi connectivity index (χ2n) is 7.16. The second-order valence-corrected chi connectivity index (χ2v) is 8.08. The van der Waals surface area contributed by atoms with Crippen LogP contribution in [0.25, 0.3) is 0 Å². The Morgan fingerprint density at radius 1 is 1.29 bits per heavy atom. The highest BCUT2D eigenvalue weighted by Crippen LogP contribution is 2.72. The summed E-state index contributed by atoms with van der Waals surface area (Å²) in [4.78, 5) is 0. The van der Waals surface area contributed by atoms with Crippen LogP contribution in [0.2, 0.25) is 0 Å². The van der Waals surface area contributed by atoms with E-state index in [1.807, 2.05) is 6.07 Å². The van der Waals surface area contributed by atoms with Crippen LogP contribution in [0.15, 0.2) is 22.7 Å². The minimum atomic E-state index is -0.0517. The lowest BCUT2D eigenvalue weighted by Crippen LogP contribution is -2.27. The molecule has 0 amide bonds. The summed E-state index contributed by atoms with van der Waals surface area (Å²) in [5.74, 6) is 4.24. The fourth-order valence-electron chi connectivity index (χ4n) is 5.34. The molecule has 1 N–H and O–H groups in total. The third-order valence-electron chi connectivity index (χ3n) is 6.09. The monoisotopic (exact) mass is 351 g/mol. The third-order valence-corrected chi connectivity index (χ3v) is 6.58. The Morgan fingerprint density at radius 3 is 2.67 bits per heavy atom. The Morgan fingerprint density at radius 2 is 2.00 bits per heavy atom. The summed E-state index contributed by atoms with van der Waals surface area (Å²) in [6, 6.07) is 5.60. The highest BCUT2D eigenvalue weighted by molar-refractivity contribution is 9.10. The van der Waals surface area contributed by atoms with Gasteiger partial charge in [-0.05, 0) is 80.0 Å². The van der Waals surface area contributed by atoms with Crippen molar-refractivity contribution >= 4 is 15.9 Å². The summed E-state index contributed by atoms with van der Waals surface area (Å²) in [7, 11) is 0. The topological polar surface area (TPSA) is 12.0 Å². The molecular formula is C18H23BrFN. The molecule has 0 spiro atoms. The van der Waals surface area contributed by atoms with Gasteiger partial charge in [-0.2, -0.15) is 0 Å². The molecule has 3 saturated carbocycles. The zero-order valence-electron chi connectivity index (χ0n) is 12.5. The minimum Gasteiger partial charge on any atom is -0.310 e. The molecule has 21 heavy (non-hydrogen) atoms.